The molecule has 0 aliphatic carbocycles. The van der Waals surface area contributed by atoms with Crippen LogP contribution in [0.5, 0.6) is 5.75 Å². The van der Waals surface area contributed by atoms with Gasteiger partial charge in [0, 0.05) is 11.6 Å². The Bertz CT molecular complexity index is 1110. The van der Waals surface area contributed by atoms with Gasteiger partial charge in [-0.05, 0) is 30.7 Å². The van der Waals surface area contributed by atoms with E-state index in [0.29, 0.717) is 29.1 Å². The predicted molar refractivity (Wildman–Crippen MR) is 103 cm³/mol. The van der Waals surface area contributed by atoms with E-state index < -0.39 is 0 Å². The normalized spacial score (nSPS) is 10.8. The van der Waals surface area contributed by atoms with Crippen LogP contribution in [0.2, 0.25) is 0 Å². The second-order valence-electron chi connectivity index (χ2n) is 6.28. The number of fused-ring (bicyclic) bond motifs is 1. The van der Waals surface area contributed by atoms with E-state index in [2.05, 4.69) is 19.1 Å². The van der Waals surface area contributed by atoms with Gasteiger partial charge in [0.05, 0.1) is 5.39 Å². The van der Waals surface area contributed by atoms with Gasteiger partial charge in [0.1, 0.15) is 23.7 Å². The number of aryl methyl sites for hydroxylation is 1. The summed E-state index contributed by atoms with van der Waals surface area (Å²) in [5.41, 5.74) is 3.65. The van der Waals surface area contributed by atoms with Crippen molar-refractivity contribution in [2.45, 2.75) is 13.5 Å². The number of rotatable bonds is 4. The lowest BCUT2D eigenvalue weighted by Crippen LogP contribution is -2.01. The fraction of sp³-hybridized carbons (Fsp3) is 0.0870. The molecular weight excluding hydrogens is 324 g/mol. The molecule has 128 valence electrons. The van der Waals surface area contributed by atoms with Crippen molar-refractivity contribution in [3.05, 3.63) is 100 Å². The van der Waals surface area contributed by atoms with Crippen LogP contribution in [-0.4, -0.2) is 0 Å². The average molecular weight is 342 g/mol. The molecule has 0 aliphatic rings. The fourth-order valence-corrected chi connectivity index (χ4v) is 2.94. The molecule has 0 unspecified atom stereocenters. The molecule has 3 heteroatoms. The highest BCUT2D eigenvalue weighted by Gasteiger charge is 2.08. The summed E-state index contributed by atoms with van der Waals surface area (Å²) in [6, 6.07) is 24.7. The van der Waals surface area contributed by atoms with Gasteiger partial charge >= 0.3 is 0 Å². The maximum absolute atomic E-state index is 12.5. The Hall–Kier alpha value is -3.33. The third kappa shape index (κ3) is 3.38. The van der Waals surface area contributed by atoms with Gasteiger partial charge in [0.25, 0.3) is 0 Å². The summed E-state index contributed by atoms with van der Waals surface area (Å²) in [6.07, 6.45) is 0. The minimum atomic E-state index is -0.0777. The van der Waals surface area contributed by atoms with Crippen LogP contribution in [0.1, 0.15) is 11.1 Å². The summed E-state index contributed by atoms with van der Waals surface area (Å²) in [7, 11) is 0. The third-order valence-corrected chi connectivity index (χ3v) is 4.24. The summed E-state index contributed by atoms with van der Waals surface area (Å²) >= 11 is 0. The van der Waals surface area contributed by atoms with Gasteiger partial charge in [-0.15, -0.1) is 0 Å². The van der Waals surface area contributed by atoms with E-state index in [1.807, 2.05) is 48.5 Å². The summed E-state index contributed by atoms with van der Waals surface area (Å²) in [4.78, 5) is 12.5. The van der Waals surface area contributed by atoms with Gasteiger partial charge in [-0.25, -0.2) is 0 Å². The number of benzene rings is 3. The molecule has 0 fully saturated rings. The second kappa shape index (κ2) is 6.89. The maximum Gasteiger partial charge on any atom is 0.193 e. The first-order valence-electron chi connectivity index (χ1n) is 8.51. The molecule has 3 aromatic carbocycles. The zero-order chi connectivity index (χ0) is 17.9. The Balaban J connectivity index is 1.63. The third-order valence-electron chi connectivity index (χ3n) is 4.24. The van der Waals surface area contributed by atoms with Gasteiger partial charge in [0.15, 0.2) is 5.43 Å². The molecule has 0 saturated carbocycles. The molecule has 0 saturated heterocycles. The summed E-state index contributed by atoms with van der Waals surface area (Å²) in [5.74, 6) is 1.22. The van der Waals surface area contributed by atoms with Gasteiger partial charge in [-0.3, -0.25) is 4.79 Å². The topological polar surface area (TPSA) is 39.4 Å². The first-order chi connectivity index (χ1) is 12.7. The van der Waals surface area contributed by atoms with Crippen molar-refractivity contribution in [3.8, 4) is 17.1 Å². The lowest BCUT2D eigenvalue weighted by molar-refractivity contribution is 0.306. The largest absolute Gasteiger partial charge is 0.489 e. The molecule has 0 radical (unpaired) electrons. The predicted octanol–water partition coefficient (Wildman–Crippen LogP) is 5.35. The van der Waals surface area contributed by atoms with E-state index >= 15 is 0 Å². The molecule has 0 amide bonds. The molecule has 0 bridgehead atoms. The lowest BCUT2D eigenvalue weighted by Gasteiger charge is -2.08. The quantitative estimate of drug-likeness (QED) is 0.502. The maximum atomic E-state index is 12.5. The number of hydrogen-bond donors (Lipinski definition) is 0. The molecule has 0 spiro atoms. The van der Waals surface area contributed by atoms with Crippen molar-refractivity contribution in [3.63, 3.8) is 0 Å². The van der Waals surface area contributed by atoms with Crippen LogP contribution in [0.3, 0.4) is 0 Å². The zero-order valence-corrected chi connectivity index (χ0v) is 14.4. The molecule has 0 atom stereocenters. The molecule has 26 heavy (non-hydrogen) atoms. The minimum absolute atomic E-state index is 0.0777. The van der Waals surface area contributed by atoms with Crippen molar-refractivity contribution in [1.82, 2.24) is 0 Å². The smallest absolute Gasteiger partial charge is 0.193 e. The van der Waals surface area contributed by atoms with Gasteiger partial charge in [-0.2, -0.15) is 0 Å². The Morgan fingerprint density at radius 1 is 0.885 bits per heavy atom. The van der Waals surface area contributed by atoms with Crippen molar-refractivity contribution in [1.29, 1.82) is 0 Å². The first-order valence-corrected chi connectivity index (χ1v) is 8.51. The Morgan fingerprint density at radius 3 is 2.54 bits per heavy atom. The SMILES string of the molecule is Cc1cccc(COc2ccc3oc(-c4ccccc4)cc(=O)c3c2)c1. The highest BCUT2D eigenvalue weighted by molar-refractivity contribution is 5.80. The summed E-state index contributed by atoms with van der Waals surface area (Å²) in [5, 5.41) is 0.520. The van der Waals surface area contributed by atoms with Crippen LogP contribution in [0, 0.1) is 6.92 Å². The summed E-state index contributed by atoms with van der Waals surface area (Å²) in [6.45, 7) is 2.51. The van der Waals surface area contributed by atoms with Crippen molar-refractivity contribution in [2.24, 2.45) is 0 Å². The van der Waals surface area contributed by atoms with Crippen molar-refractivity contribution < 1.29 is 9.15 Å². The molecule has 0 aliphatic heterocycles. The number of hydrogen-bond acceptors (Lipinski definition) is 3. The minimum Gasteiger partial charge on any atom is -0.489 e. The van der Waals surface area contributed by atoms with E-state index in [-0.39, 0.29) is 5.43 Å². The van der Waals surface area contributed by atoms with Gasteiger partial charge in [0.2, 0.25) is 0 Å². The van der Waals surface area contributed by atoms with E-state index in [1.54, 1.807) is 12.1 Å². The van der Waals surface area contributed by atoms with Crippen molar-refractivity contribution >= 4 is 11.0 Å². The molecule has 4 aromatic rings. The average Bonchev–Trinajstić information content (AvgIpc) is 2.67. The van der Waals surface area contributed by atoms with E-state index in [9.17, 15) is 4.79 Å². The zero-order valence-electron chi connectivity index (χ0n) is 14.4. The molecule has 1 heterocycles. The van der Waals surface area contributed by atoms with Crippen molar-refractivity contribution in [2.75, 3.05) is 0 Å². The molecular formula is C23H18O3. The van der Waals surface area contributed by atoms with Crippen LogP contribution in [0.4, 0.5) is 0 Å². The monoisotopic (exact) mass is 342 g/mol. The Labute approximate surface area is 151 Å². The highest BCUT2D eigenvalue weighted by atomic mass is 16.5. The summed E-state index contributed by atoms with van der Waals surface area (Å²) < 4.78 is 11.8. The molecule has 3 nitrogen and oxygen atoms in total. The fourth-order valence-electron chi connectivity index (χ4n) is 2.94. The van der Waals surface area contributed by atoms with E-state index in [4.69, 9.17) is 9.15 Å². The standard InChI is InChI=1S/C23H18O3/c1-16-6-5-7-17(12-16)15-25-19-10-11-22-20(13-19)21(24)14-23(26-22)18-8-3-2-4-9-18/h2-14H,15H2,1H3. The second-order valence-corrected chi connectivity index (χ2v) is 6.28. The van der Waals surface area contributed by atoms with E-state index in [0.717, 1.165) is 11.1 Å². The van der Waals surface area contributed by atoms with Crippen LogP contribution < -0.4 is 10.2 Å². The van der Waals surface area contributed by atoms with Crippen LogP contribution >= 0.6 is 0 Å². The van der Waals surface area contributed by atoms with E-state index in [1.165, 1.54) is 11.6 Å². The Kier molecular flexibility index (Phi) is 4.28. The van der Waals surface area contributed by atoms with Gasteiger partial charge in [-0.1, -0.05) is 60.2 Å². The molecule has 1 aromatic heterocycles. The Morgan fingerprint density at radius 2 is 1.73 bits per heavy atom. The molecule has 4 rings (SSSR count). The van der Waals surface area contributed by atoms with Crippen LogP contribution in [0.15, 0.2) is 88.1 Å². The molecule has 0 N–H and O–H groups in total. The number of ether oxygens (including phenoxy) is 1. The van der Waals surface area contributed by atoms with Crippen LogP contribution in [0.25, 0.3) is 22.3 Å². The lowest BCUT2D eigenvalue weighted by atomic mass is 10.1. The first kappa shape index (κ1) is 16.2. The highest BCUT2D eigenvalue weighted by Crippen LogP contribution is 2.25. The van der Waals surface area contributed by atoms with Crippen LogP contribution in [-0.2, 0) is 6.61 Å². The van der Waals surface area contributed by atoms with Gasteiger partial charge < -0.3 is 9.15 Å².